The third-order valence-electron chi connectivity index (χ3n) is 4.94. The number of hydrogen-bond acceptors (Lipinski definition) is 3. The summed E-state index contributed by atoms with van der Waals surface area (Å²) >= 11 is 0. The minimum absolute atomic E-state index is 0.00245. The first-order valence-corrected chi connectivity index (χ1v) is 9.12. The molecule has 2 fully saturated rings. The Hall–Kier alpha value is -2.24. The molecular formula is C19H27N3O3. The maximum atomic E-state index is 12.3. The molecule has 25 heavy (non-hydrogen) atoms. The molecule has 0 atom stereocenters. The predicted molar refractivity (Wildman–Crippen MR) is 95.6 cm³/mol. The van der Waals surface area contributed by atoms with Crippen molar-refractivity contribution in [2.45, 2.75) is 38.1 Å². The van der Waals surface area contributed by atoms with Gasteiger partial charge in [0.15, 0.2) is 0 Å². The number of methoxy groups -OCH3 is 1. The van der Waals surface area contributed by atoms with Gasteiger partial charge in [0.25, 0.3) is 0 Å². The van der Waals surface area contributed by atoms with Gasteiger partial charge in [-0.25, -0.2) is 4.79 Å². The molecule has 136 valence electrons. The number of ether oxygens (including phenoxy) is 1. The molecule has 0 unspecified atom stereocenters. The maximum Gasteiger partial charge on any atom is 0.317 e. The van der Waals surface area contributed by atoms with Crippen LogP contribution in [0, 0.1) is 5.92 Å². The van der Waals surface area contributed by atoms with Crippen LogP contribution in [0.25, 0.3) is 0 Å². The summed E-state index contributed by atoms with van der Waals surface area (Å²) in [6.07, 6.45) is 4.41. The van der Waals surface area contributed by atoms with Gasteiger partial charge in [-0.1, -0.05) is 18.2 Å². The summed E-state index contributed by atoms with van der Waals surface area (Å²) in [4.78, 5) is 26.2. The zero-order valence-electron chi connectivity index (χ0n) is 14.8. The Kier molecular flexibility index (Phi) is 5.79. The van der Waals surface area contributed by atoms with Gasteiger partial charge < -0.3 is 20.3 Å². The predicted octanol–water partition coefficient (Wildman–Crippen LogP) is 1.94. The number of para-hydroxylation sites is 1. The van der Waals surface area contributed by atoms with E-state index in [9.17, 15) is 9.59 Å². The standard InChI is InChI=1S/C19H27N3O3/c1-25-17-5-3-2-4-14(17)8-11-20-18(23)15-9-12-22(13-10-15)19(24)21-16-6-7-16/h2-5,15-16H,6-13H2,1H3,(H,20,23)(H,21,24). The van der Waals surface area contributed by atoms with E-state index in [0.717, 1.165) is 43.4 Å². The zero-order chi connectivity index (χ0) is 17.6. The molecule has 0 radical (unpaired) electrons. The number of carbonyl (C=O) groups is 2. The number of benzene rings is 1. The molecule has 1 saturated carbocycles. The summed E-state index contributed by atoms with van der Waals surface area (Å²) in [5.74, 6) is 0.950. The van der Waals surface area contributed by atoms with Crippen LogP contribution in [0.2, 0.25) is 0 Å². The van der Waals surface area contributed by atoms with Crippen molar-refractivity contribution in [3.63, 3.8) is 0 Å². The van der Waals surface area contributed by atoms with Gasteiger partial charge in [-0.2, -0.15) is 0 Å². The van der Waals surface area contributed by atoms with E-state index < -0.39 is 0 Å². The highest BCUT2D eigenvalue weighted by atomic mass is 16.5. The smallest absolute Gasteiger partial charge is 0.317 e. The molecule has 2 N–H and O–H groups in total. The lowest BCUT2D eigenvalue weighted by Crippen LogP contribution is -2.47. The van der Waals surface area contributed by atoms with Crippen LogP contribution in [0.15, 0.2) is 24.3 Å². The maximum absolute atomic E-state index is 12.3. The zero-order valence-corrected chi connectivity index (χ0v) is 14.8. The fourth-order valence-electron chi connectivity index (χ4n) is 3.21. The van der Waals surface area contributed by atoms with Crippen molar-refractivity contribution in [1.29, 1.82) is 0 Å². The first-order chi connectivity index (χ1) is 12.2. The molecule has 0 aromatic heterocycles. The van der Waals surface area contributed by atoms with Crippen LogP contribution >= 0.6 is 0 Å². The number of nitrogens with one attached hydrogen (secondary N) is 2. The highest BCUT2D eigenvalue weighted by Crippen LogP contribution is 2.21. The van der Waals surface area contributed by atoms with E-state index in [0.29, 0.717) is 25.7 Å². The first-order valence-electron chi connectivity index (χ1n) is 9.12. The number of likely N-dealkylation sites (tertiary alicyclic amines) is 1. The Morgan fingerprint density at radius 1 is 1.16 bits per heavy atom. The van der Waals surface area contributed by atoms with Crippen molar-refractivity contribution in [3.05, 3.63) is 29.8 Å². The molecule has 6 nitrogen and oxygen atoms in total. The molecule has 1 aromatic rings. The average molecular weight is 345 g/mol. The summed E-state index contributed by atoms with van der Waals surface area (Å²) in [6.45, 7) is 1.91. The van der Waals surface area contributed by atoms with Crippen LogP contribution in [-0.4, -0.2) is 49.6 Å². The van der Waals surface area contributed by atoms with E-state index in [2.05, 4.69) is 10.6 Å². The minimum atomic E-state index is 0.00245. The molecule has 6 heteroatoms. The molecule has 1 saturated heterocycles. The Morgan fingerprint density at radius 3 is 2.56 bits per heavy atom. The van der Waals surface area contributed by atoms with Crippen molar-refractivity contribution in [3.8, 4) is 5.75 Å². The number of piperidine rings is 1. The van der Waals surface area contributed by atoms with Gasteiger partial charge in [0.2, 0.25) is 5.91 Å². The topological polar surface area (TPSA) is 70.7 Å². The first kappa shape index (κ1) is 17.6. The van der Waals surface area contributed by atoms with Crippen molar-refractivity contribution in [2.75, 3.05) is 26.7 Å². The lowest BCUT2D eigenvalue weighted by molar-refractivity contribution is -0.126. The normalized spacial score (nSPS) is 17.9. The Labute approximate surface area is 148 Å². The molecule has 1 aliphatic carbocycles. The van der Waals surface area contributed by atoms with Gasteiger partial charge in [0.1, 0.15) is 5.75 Å². The number of hydrogen-bond donors (Lipinski definition) is 2. The molecule has 1 aliphatic heterocycles. The fourth-order valence-corrected chi connectivity index (χ4v) is 3.21. The highest BCUT2D eigenvalue weighted by molar-refractivity contribution is 5.79. The van der Waals surface area contributed by atoms with Crippen molar-refractivity contribution < 1.29 is 14.3 Å². The lowest BCUT2D eigenvalue weighted by atomic mass is 9.96. The van der Waals surface area contributed by atoms with Crippen molar-refractivity contribution in [2.24, 2.45) is 5.92 Å². The van der Waals surface area contributed by atoms with Crippen molar-refractivity contribution >= 4 is 11.9 Å². The van der Waals surface area contributed by atoms with Gasteiger partial charge in [-0.3, -0.25) is 4.79 Å². The van der Waals surface area contributed by atoms with Crippen LogP contribution in [0.4, 0.5) is 4.79 Å². The lowest BCUT2D eigenvalue weighted by Gasteiger charge is -2.31. The van der Waals surface area contributed by atoms with Crippen LogP contribution in [0.3, 0.4) is 0 Å². The number of carbonyl (C=O) groups excluding carboxylic acids is 2. The monoisotopic (exact) mass is 345 g/mol. The van der Waals surface area contributed by atoms with E-state index >= 15 is 0 Å². The largest absolute Gasteiger partial charge is 0.496 e. The Balaban J connectivity index is 1.38. The molecule has 3 amide bonds. The van der Waals surface area contributed by atoms with Gasteiger partial charge in [-0.05, 0) is 43.7 Å². The van der Waals surface area contributed by atoms with Gasteiger partial charge >= 0.3 is 6.03 Å². The Morgan fingerprint density at radius 2 is 1.88 bits per heavy atom. The molecule has 1 aromatic carbocycles. The molecule has 0 bridgehead atoms. The van der Waals surface area contributed by atoms with E-state index in [1.54, 1.807) is 7.11 Å². The van der Waals surface area contributed by atoms with Crippen molar-refractivity contribution in [1.82, 2.24) is 15.5 Å². The molecule has 0 spiro atoms. The molecular weight excluding hydrogens is 318 g/mol. The van der Waals surface area contributed by atoms with E-state index in [1.807, 2.05) is 29.2 Å². The second-order valence-electron chi connectivity index (χ2n) is 6.84. The van der Waals surface area contributed by atoms with Crippen LogP contribution in [0.5, 0.6) is 5.75 Å². The summed E-state index contributed by atoms with van der Waals surface area (Å²) < 4.78 is 5.33. The molecule has 1 heterocycles. The molecule has 3 rings (SSSR count). The molecule has 2 aliphatic rings. The number of urea groups is 1. The second kappa shape index (κ2) is 8.23. The third kappa shape index (κ3) is 4.87. The third-order valence-corrected chi connectivity index (χ3v) is 4.94. The number of nitrogens with zero attached hydrogens (tertiary/aromatic N) is 1. The van der Waals surface area contributed by atoms with Gasteiger partial charge in [0.05, 0.1) is 7.11 Å². The van der Waals surface area contributed by atoms with Gasteiger partial charge in [-0.15, -0.1) is 0 Å². The van der Waals surface area contributed by atoms with Crippen LogP contribution in [-0.2, 0) is 11.2 Å². The summed E-state index contributed by atoms with van der Waals surface area (Å²) in [7, 11) is 1.66. The summed E-state index contributed by atoms with van der Waals surface area (Å²) in [5.41, 5.74) is 1.09. The van der Waals surface area contributed by atoms with Crippen LogP contribution < -0.4 is 15.4 Å². The van der Waals surface area contributed by atoms with E-state index in [4.69, 9.17) is 4.74 Å². The van der Waals surface area contributed by atoms with Crippen LogP contribution in [0.1, 0.15) is 31.2 Å². The quantitative estimate of drug-likeness (QED) is 0.828. The van der Waals surface area contributed by atoms with E-state index in [1.165, 1.54) is 0 Å². The minimum Gasteiger partial charge on any atom is -0.496 e. The Bertz CT molecular complexity index is 608. The van der Waals surface area contributed by atoms with Gasteiger partial charge in [0, 0.05) is 31.6 Å². The second-order valence-corrected chi connectivity index (χ2v) is 6.84. The average Bonchev–Trinajstić information content (AvgIpc) is 3.46. The highest BCUT2D eigenvalue weighted by Gasteiger charge is 2.30. The summed E-state index contributed by atoms with van der Waals surface area (Å²) in [5, 5.41) is 6.03. The van der Waals surface area contributed by atoms with E-state index in [-0.39, 0.29) is 17.9 Å². The fraction of sp³-hybridized carbons (Fsp3) is 0.579. The summed E-state index contributed by atoms with van der Waals surface area (Å²) in [6, 6.07) is 8.26. The number of rotatable bonds is 6. The number of amides is 3. The SMILES string of the molecule is COc1ccccc1CCNC(=O)C1CCN(C(=O)NC2CC2)CC1.